The number of benzene rings is 1. The van der Waals surface area contributed by atoms with Crippen LogP contribution in [0.3, 0.4) is 0 Å². The fourth-order valence-electron chi connectivity index (χ4n) is 1.76. The van der Waals surface area contributed by atoms with Gasteiger partial charge in [0.2, 0.25) is 5.91 Å². The first-order valence-corrected chi connectivity index (χ1v) is 6.35. The standard InChI is InChI=1S/C14H20N2O3/c1-4-15-12(17)9-16(5-2)14(19)11-8-6-7-10(3)13(11)18/h6-8,18H,4-5,9H2,1-3H3,(H,15,17). The van der Waals surface area contributed by atoms with Crippen LogP contribution < -0.4 is 5.32 Å². The molecule has 0 aliphatic heterocycles. The molecule has 5 heteroatoms. The molecule has 0 atom stereocenters. The highest BCUT2D eigenvalue weighted by Crippen LogP contribution is 2.22. The van der Waals surface area contributed by atoms with Gasteiger partial charge in [-0.2, -0.15) is 0 Å². The molecule has 0 aliphatic carbocycles. The van der Waals surface area contributed by atoms with Gasteiger partial charge in [0, 0.05) is 13.1 Å². The molecule has 0 unspecified atom stereocenters. The summed E-state index contributed by atoms with van der Waals surface area (Å²) in [5, 5.41) is 12.5. The second-order valence-electron chi connectivity index (χ2n) is 4.24. The van der Waals surface area contributed by atoms with Gasteiger partial charge in [-0.15, -0.1) is 0 Å². The number of para-hydroxylation sites is 1. The Labute approximate surface area is 113 Å². The number of nitrogens with zero attached hydrogens (tertiary/aromatic N) is 1. The Balaban J connectivity index is 2.89. The number of amides is 2. The van der Waals surface area contributed by atoms with Crippen LogP contribution in [-0.4, -0.2) is 41.5 Å². The maximum Gasteiger partial charge on any atom is 0.258 e. The van der Waals surface area contributed by atoms with Gasteiger partial charge in [0.25, 0.3) is 5.91 Å². The number of likely N-dealkylation sites (N-methyl/N-ethyl adjacent to an activating group) is 2. The summed E-state index contributed by atoms with van der Waals surface area (Å²) in [4.78, 5) is 25.2. The molecular weight excluding hydrogens is 244 g/mol. The van der Waals surface area contributed by atoms with Crippen LogP contribution >= 0.6 is 0 Å². The number of carbonyl (C=O) groups is 2. The van der Waals surface area contributed by atoms with Crippen molar-refractivity contribution >= 4 is 11.8 Å². The van der Waals surface area contributed by atoms with Crippen molar-refractivity contribution in [2.24, 2.45) is 0 Å². The summed E-state index contributed by atoms with van der Waals surface area (Å²) in [7, 11) is 0. The summed E-state index contributed by atoms with van der Waals surface area (Å²) in [5.74, 6) is -0.568. The van der Waals surface area contributed by atoms with Gasteiger partial charge in [-0.1, -0.05) is 12.1 Å². The maximum absolute atomic E-state index is 12.3. The zero-order valence-electron chi connectivity index (χ0n) is 11.6. The predicted octanol–water partition coefficient (Wildman–Crippen LogP) is 1.30. The van der Waals surface area contributed by atoms with Crippen LogP contribution in [0.15, 0.2) is 18.2 Å². The molecule has 0 radical (unpaired) electrons. The molecular formula is C14H20N2O3. The Morgan fingerprint density at radius 2 is 2.00 bits per heavy atom. The molecule has 0 saturated heterocycles. The molecule has 1 rings (SSSR count). The van der Waals surface area contributed by atoms with E-state index in [9.17, 15) is 14.7 Å². The van der Waals surface area contributed by atoms with E-state index >= 15 is 0 Å². The number of aryl methyl sites for hydroxylation is 1. The molecule has 0 fully saturated rings. The molecule has 104 valence electrons. The van der Waals surface area contributed by atoms with Crippen molar-refractivity contribution in [1.82, 2.24) is 10.2 Å². The second kappa shape index (κ2) is 6.78. The topological polar surface area (TPSA) is 69.6 Å². The average molecular weight is 264 g/mol. The van der Waals surface area contributed by atoms with Crippen LogP contribution in [0.2, 0.25) is 0 Å². The van der Waals surface area contributed by atoms with Gasteiger partial charge in [-0.25, -0.2) is 0 Å². The zero-order chi connectivity index (χ0) is 14.4. The number of phenols is 1. The highest BCUT2D eigenvalue weighted by molar-refractivity contribution is 5.99. The molecule has 0 aliphatic rings. The van der Waals surface area contributed by atoms with E-state index in [1.807, 2.05) is 6.92 Å². The largest absolute Gasteiger partial charge is 0.507 e. The first-order chi connectivity index (χ1) is 9.01. The first kappa shape index (κ1) is 15.0. The lowest BCUT2D eigenvalue weighted by Gasteiger charge is -2.21. The minimum atomic E-state index is -0.338. The monoisotopic (exact) mass is 264 g/mol. The molecule has 0 spiro atoms. The minimum Gasteiger partial charge on any atom is -0.507 e. The third-order valence-electron chi connectivity index (χ3n) is 2.85. The quantitative estimate of drug-likeness (QED) is 0.842. The van der Waals surface area contributed by atoms with E-state index in [1.54, 1.807) is 32.0 Å². The molecule has 1 aromatic carbocycles. The summed E-state index contributed by atoms with van der Waals surface area (Å²) in [6.07, 6.45) is 0. The fourth-order valence-corrected chi connectivity index (χ4v) is 1.76. The lowest BCUT2D eigenvalue weighted by atomic mass is 10.1. The number of aromatic hydroxyl groups is 1. The molecule has 0 heterocycles. The molecule has 5 nitrogen and oxygen atoms in total. The summed E-state index contributed by atoms with van der Waals surface area (Å²) < 4.78 is 0. The SMILES string of the molecule is CCNC(=O)CN(CC)C(=O)c1cccc(C)c1O. The number of phenolic OH excluding ortho intramolecular Hbond substituents is 1. The maximum atomic E-state index is 12.3. The number of nitrogens with one attached hydrogen (secondary N) is 1. The molecule has 2 amide bonds. The molecule has 2 N–H and O–H groups in total. The van der Waals surface area contributed by atoms with E-state index in [0.29, 0.717) is 18.7 Å². The van der Waals surface area contributed by atoms with Crippen LogP contribution in [0, 0.1) is 6.92 Å². The Bertz CT molecular complexity index is 472. The first-order valence-electron chi connectivity index (χ1n) is 6.35. The zero-order valence-corrected chi connectivity index (χ0v) is 11.6. The van der Waals surface area contributed by atoms with Crippen LogP contribution in [0.1, 0.15) is 29.8 Å². The van der Waals surface area contributed by atoms with E-state index in [0.717, 1.165) is 0 Å². The summed E-state index contributed by atoms with van der Waals surface area (Å²) >= 11 is 0. The van der Waals surface area contributed by atoms with Crippen molar-refractivity contribution in [1.29, 1.82) is 0 Å². The van der Waals surface area contributed by atoms with Crippen molar-refractivity contribution in [3.05, 3.63) is 29.3 Å². The van der Waals surface area contributed by atoms with Crippen LogP contribution in [0.25, 0.3) is 0 Å². The summed E-state index contributed by atoms with van der Waals surface area (Å²) in [6, 6.07) is 5.00. The van der Waals surface area contributed by atoms with Gasteiger partial charge in [0.1, 0.15) is 5.75 Å². The van der Waals surface area contributed by atoms with Crippen molar-refractivity contribution in [2.75, 3.05) is 19.6 Å². The number of rotatable bonds is 5. The van der Waals surface area contributed by atoms with Crippen molar-refractivity contribution in [3.8, 4) is 5.75 Å². The molecule has 0 aromatic heterocycles. The minimum absolute atomic E-state index is 0.00342. The molecule has 0 saturated carbocycles. The lowest BCUT2D eigenvalue weighted by Crippen LogP contribution is -2.40. The molecule has 0 bridgehead atoms. The third-order valence-corrected chi connectivity index (χ3v) is 2.85. The third kappa shape index (κ3) is 3.71. The van der Waals surface area contributed by atoms with E-state index in [2.05, 4.69) is 5.32 Å². The van der Waals surface area contributed by atoms with Gasteiger partial charge in [0.05, 0.1) is 12.1 Å². The van der Waals surface area contributed by atoms with Gasteiger partial charge < -0.3 is 15.3 Å². The molecule has 19 heavy (non-hydrogen) atoms. The van der Waals surface area contributed by atoms with Gasteiger partial charge in [-0.3, -0.25) is 9.59 Å². The lowest BCUT2D eigenvalue weighted by molar-refractivity contribution is -0.121. The Hall–Kier alpha value is -2.04. The Morgan fingerprint density at radius 3 is 2.58 bits per heavy atom. The highest BCUT2D eigenvalue weighted by atomic mass is 16.3. The normalized spacial score (nSPS) is 10.1. The van der Waals surface area contributed by atoms with E-state index in [-0.39, 0.29) is 29.7 Å². The Kier molecular flexibility index (Phi) is 5.36. The predicted molar refractivity (Wildman–Crippen MR) is 73.1 cm³/mol. The molecule has 1 aromatic rings. The fraction of sp³-hybridized carbons (Fsp3) is 0.429. The smallest absolute Gasteiger partial charge is 0.258 e. The van der Waals surface area contributed by atoms with E-state index < -0.39 is 0 Å². The number of hydrogen-bond acceptors (Lipinski definition) is 3. The van der Waals surface area contributed by atoms with E-state index in [1.165, 1.54) is 4.90 Å². The summed E-state index contributed by atoms with van der Waals surface area (Å²) in [5.41, 5.74) is 0.867. The van der Waals surface area contributed by atoms with Gasteiger partial charge in [-0.05, 0) is 32.4 Å². The number of hydrogen-bond donors (Lipinski definition) is 2. The van der Waals surface area contributed by atoms with E-state index in [4.69, 9.17) is 0 Å². The Morgan fingerprint density at radius 1 is 1.32 bits per heavy atom. The summed E-state index contributed by atoms with van der Waals surface area (Å²) in [6.45, 7) is 6.28. The number of carbonyl (C=O) groups excluding carboxylic acids is 2. The highest BCUT2D eigenvalue weighted by Gasteiger charge is 2.20. The van der Waals surface area contributed by atoms with Gasteiger partial charge in [0.15, 0.2) is 0 Å². The second-order valence-corrected chi connectivity index (χ2v) is 4.24. The van der Waals surface area contributed by atoms with Crippen molar-refractivity contribution < 1.29 is 14.7 Å². The van der Waals surface area contributed by atoms with Crippen molar-refractivity contribution in [2.45, 2.75) is 20.8 Å². The van der Waals surface area contributed by atoms with Crippen LogP contribution in [0.4, 0.5) is 0 Å². The van der Waals surface area contributed by atoms with Crippen molar-refractivity contribution in [3.63, 3.8) is 0 Å². The van der Waals surface area contributed by atoms with Crippen LogP contribution in [0.5, 0.6) is 5.75 Å². The average Bonchev–Trinajstić information content (AvgIpc) is 2.39. The van der Waals surface area contributed by atoms with Gasteiger partial charge >= 0.3 is 0 Å². The van der Waals surface area contributed by atoms with Crippen LogP contribution in [-0.2, 0) is 4.79 Å².